The summed E-state index contributed by atoms with van der Waals surface area (Å²) in [6, 6.07) is 13.0. The van der Waals surface area contributed by atoms with Gasteiger partial charge in [-0.1, -0.05) is 18.2 Å². The van der Waals surface area contributed by atoms with Gasteiger partial charge in [0.15, 0.2) is 5.65 Å². The molecule has 0 aliphatic carbocycles. The number of sulfonamides is 1. The number of piperidine rings is 1. The Labute approximate surface area is 207 Å². The SMILES string of the molecule is Cc1cccc(S(=O)(=O)N2CCC(c3cc(NCc4cccnc4)n4ncc(Br)c4n3)CC2)c1. The number of benzene rings is 1. The molecule has 0 radical (unpaired) electrons. The van der Waals surface area contributed by atoms with Gasteiger partial charge in [0.2, 0.25) is 10.0 Å². The number of nitrogens with zero attached hydrogens (tertiary/aromatic N) is 5. The lowest BCUT2D eigenvalue weighted by molar-refractivity contribution is 0.317. The van der Waals surface area contributed by atoms with Gasteiger partial charge in [0, 0.05) is 49.7 Å². The van der Waals surface area contributed by atoms with Crippen molar-refractivity contribution in [2.24, 2.45) is 0 Å². The molecule has 176 valence electrons. The van der Waals surface area contributed by atoms with Gasteiger partial charge >= 0.3 is 0 Å². The Morgan fingerprint density at radius 3 is 2.68 bits per heavy atom. The number of halogens is 1. The van der Waals surface area contributed by atoms with E-state index in [-0.39, 0.29) is 5.92 Å². The van der Waals surface area contributed by atoms with Crippen LogP contribution in [0.4, 0.5) is 5.82 Å². The summed E-state index contributed by atoms with van der Waals surface area (Å²) in [6.07, 6.45) is 6.74. The minimum absolute atomic E-state index is 0.162. The molecule has 34 heavy (non-hydrogen) atoms. The normalized spacial score (nSPS) is 15.6. The van der Waals surface area contributed by atoms with E-state index in [1.54, 1.807) is 39.4 Å². The van der Waals surface area contributed by atoms with E-state index in [0.29, 0.717) is 37.4 Å². The van der Waals surface area contributed by atoms with Gasteiger partial charge in [0.25, 0.3) is 0 Å². The Kier molecular flexibility index (Phi) is 6.37. The van der Waals surface area contributed by atoms with Crippen LogP contribution in [0.1, 0.15) is 35.6 Å². The first-order valence-corrected chi connectivity index (χ1v) is 13.4. The molecule has 3 aromatic heterocycles. The zero-order chi connectivity index (χ0) is 23.7. The molecule has 5 rings (SSSR count). The highest BCUT2D eigenvalue weighted by Crippen LogP contribution is 2.32. The molecule has 1 aromatic carbocycles. The van der Waals surface area contributed by atoms with Crippen LogP contribution in [0.3, 0.4) is 0 Å². The van der Waals surface area contributed by atoms with Crippen LogP contribution < -0.4 is 5.32 Å². The fraction of sp³-hybridized carbons (Fsp3) is 0.292. The molecule has 1 aliphatic rings. The predicted molar refractivity (Wildman–Crippen MR) is 134 cm³/mol. The van der Waals surface area contributed by atoms with Gasteiger partial charge in [-0.05, 0) is 65.0 Å². The third kappa shape index (κ3) is 4.57. The Morgan fingerprint density at radius 2 is 1.94 bits per heavy atom. The number of aromatic nitrogens is 4. The maximum atomic E-state index is 13.1. The third-order valence-corrected chi connectivity index (χ3v) is 8.60. The Hall–Kier alpha value is -2.82. The highest BCUT2D eigenvalue weighted by atomic mass is 79.9. The molecule has 4 aromatic rings. The summed E-state index contributed by atoms with van der Waals surface area (Å²) >= 11 is 3.55. The van der Waals surface area contributed by atoms with Crippen molar-refractivity contribution in [2.75, 3.05) is 18.4 Å². The molecule has 4 heterocycles. The maximum Gasteiger partial charge on any atom is 0.243 e. The van der Waals surface area contributed by atoms with E-state index in [0.717, 1.165) is 32.8 Å². The van der Waals surface area contributed by atoms with Gasteiger partial charge in [0.1, 0.15) is 5.82 Å². The quantitative estimate of drug-likeness (QED) is 0.390. The third-order valence-electron chi connectivity index (χ3n) is 6.14. The average Bonchev–Trinajstić information content (AvgIpc) is 3.24. The molecule has 8 nitrogen and oxygen atoms in total. The lowest BCUT2D eigenvalue weighted by Gasteiger charge is -2.31. The van der Waals surface area contributed by atoms with Crippen LogP contribution in [0, 0.1) is 6.92 Å². The number of aryl methyl sites for hydroxylation is 1. The molecule has 0 bridgehead atoms. The second kappa shape index (κ2) is 9.44. The van der Waals surface area contributed by atoms with Crippen molar-refractivity contribution in [2.45, 2.75) is 37.1 Å². The van der Waals surface area contributed by atoms with E-state index >= 15 is 0 Å². The second-order valence-electron chi connectivity index (χ2n) is 8.50. The number of anilines is 1. The Morgan fingerprint density at radius 1 is 1.12 bits per heavy atom. The van der Waals surface area contributed by atoms with Crippen LogP contribution in [0.25, 0.3) is 5.65 Å². The first-order valence-electron chi connectivity index (χ1n) is 11.2. The van der Waals surface area contributed by atoms with Crippen LogP contribution in [-0.4, -0.2) is 45.4 Å². The van der Waals surface area contributed by atoms with E-state index in [9.17, 15) is 8.42 Å². The van der Waals surface area contributed by atoms with Crippen molar-refractivity contribution in [3.8, 4) is 0 Å². The van der Waals surface area contributed by atoms with Crippen LogP contribution in [-0.2, 0) is 16.6 Å². The standard InChI is InChI=1S/C24H25BrN6O2S/c1-17-4-2-6-20(12-17)34(32,33)30-10-7-19(8-11-30)22-13-23(27-15-18-5-3-9-26-14-18)31-24(29-22)21(25)16-28-31/h2-6,9,12-14,16,19,27H,7-8,10-11,15H2,1H3. The summed E-state index contributed by atoms with van der Waals surface area (Å²) in [5.41, 5.74) is 3.68. The van der Waals surface area contributed by atoms with Crippen LogP contribution >= 0.6 is 15.9 Å². The fourth-order valence-corrected chi connectivity index (χ4v) is 6.23. The van der Waals surface area contributed by atoms with Gasteiger partial charge in [-0.2, -0.15) is 13.9 Å². The molecule has 10 heteroatoms. The second-order valence-corrected chi connectivity index (χ2v) is 11.3. The summed E-state index contributed by atoms with van der Waals surface area (Å²) in [4.78, 5) is 9.39. The largest absolute Gasteiger partial charge is 0.366 e. The summed E-state index contributed by atoms with van der Waals surface area (Å²) in [5.74, 6) is 0.999. The number of hydrogen-bond donors (Lipinski definition) is 1. The van der Waals surface area contributed by atoms with E-state index in [2.05, 4.69) is 31.3 Å². The minimum Gasteiger partial charge on any atom is -0.366 e. The van der Waals surface area contributed by atoms with Gasteiger partial charge in [-0.15, -0.1) is 0 Å². The highest BCUT2D eigenvalue weighted by Gasteiger charge is 2.31. The number of nitrogens with one attached hydrogen (secondary N) is 1. The van der Waals surface area contributed by atoms with Crippen molar-refractivity contribution in [3.63, 3.8) is 0 Å². The van der Waals surface area contributed by atoms with Crippen LogP contribution in [0.15, 0.2) is 70.4 Å². The van der Waals surface area contributed by atoms with Crippen molar-refractivity contribution < 1.29 is 8.42 Å². The number of hydrogen-bond acceptors (Lipinski definition) is 6. The van der Waals surface area contributed by atoms with E-state index in [1.165, 1.54) is 0 Å². The lowest BCUT2D eigenvalue weighted by Crippen LogP contribution is -2.38. The monoisotopic (exact) mass is 540 g/mol. The van der Waals surface area contributed by atoms with Gasteiger partial charge in [-0.25, -0.2) is 13.4 Å². The molecule has 1 aliphatic heterocycles. The molecule has 0 atom stereocenters. The summed E-state index contributed by atoms with van der Waals surface area (Å²) < 4.78 is 30.4. The summed E-state index contributed by atoms with van der Waals surface area (Å²) in [6.45, 7) is 3.44. The molecular weight excluding hydrogens is 516 g/mol. The predicted octanol–water partition coefficient (Wildman–Crippen LogP) is 4.38. The minimum atomic E-state index is -3.50. The summed E-state index contributed by atoms with van der Waals surface area (Å²) in [7, 11) is -3.50. The van der Waals surface area contributed by atoms with Gasteiger partial charge < -0.3 is 5.32 Å². The van der Waals surface area contributed by atoms with Crippen LogP contribution in [0.5, 0.6) is 0 Å². The lowest BCUT2D eigenvalue weighted by atomic mass is 9.94. The Balaban J connectivity index is 1.36. The van der Waals surface area contributed by atoms with Crippen molar-refractivity contribution in [3.05, 3.63) is 82.3 Å². The Bertz CT molecular complexity index is 1420. The van der Waals surface area contributed by atoms with E-state index in [4.69, 9.17) is 4.98 Å². The molecule has 0 unspecified atom stereocenters. The number of pyridine rings is 1. The summed E-state index contributed by atoms with van der Waals surface area (Å²) in [5, 5.41) is 7.89. The van der Waals surface area contributed by atoms with E-state index in [1.807, 2.05) is 37.4 Å². The molecule has 1 saturated heterocycles. The highest BCUT2D eigenvalue weighted by molar-refractivity contribution is 9.10. The maximum absolute atomic E-state index is 13.1. The molecule has 0 saturated carbocycles. The number of fused-ring (bicyclic) bond motifs is 1. The fourth-order valence-electron chi connectivity index (χ4n) is 4.30. The molecule has 1 N–H and O–H groups in total. The number of rotatable bonds is 6. The smallest absolute Gasteiger partial charge is 0.243 e. The molecule has 0 amide bonds. The zero-order valence-corrected chi connectivity index (χ0v) is 21.1. The molecule has 0 spiro atoms. The first-order chi connectivity index (χ1) is 16.4. The molecule has 1 fully saturated rings. The van der Waals surface area contributed by atoms with Crippen LogP contribution in [0.2, 0.25) is 0 Å². The zero-order valence-electron chi connectivity index (χ0n) is 18.7. The van der Waals surface area contributed by atoms with Crippen molar-refractivity contribution in [1.29, 1.82) is 0 Å². The van der Waals surface area contributed by atoms with Gasteiger partial charge in [0.05, 0.1) is 15.6 Å². The van der Waals surface area contributed by atoms with Crippen molar-refractivity contribution >= 4 is 37.4 Å². The topological polar surface area (TPSA) is 92.5 Å². The molecular formula is C24H25BrN6O2S. The van der Waals surface area contributed by atoms with E-state index < -0.39 is 10.0 Å². The first kappa shape index (κ1) is 22.9. The van der Waals surface area contributed by atoms with Gasteiger partial charge in [-0.3, -0.25) is 4.98 Å². The average molecular weight is 541 g/mol. The van der Waals surface area contributed by atoms with Crippen molar-refractivity contribution in [1.82, 2.24) is 23.9 Å².